The number of nitrogens with zero attached hydrogens (tertiary/aromatic N) is 3. The molecule has 7 heteroatoms. The Labute approximate surface area is 112 Å². The van der Waals surface area contributed by atoms with E-state index in [-0.39, 0.29) is 21.9 Å². The van der Waals surface area contributed by atoms with Crippen LogP contribution in [0.4, 0.5) is 8.78 Å². The lowest BCUT2D eigenvalue weighted by Crippen LogP contribution is -2.06. The van der Waals surface area contributed by atoms with E-state index < -0.39 is 11.6 Å². The fraction of sp³-hybridized carbons (Fsp3) is 0.273. The molecule has 0 fully saturated rings. The molecular weight excluding hydrogens is 283 g/mol. The first kappa shape index (κ1) is 13.2. The molecule has 2 rings (SSSR count). The summed E-state index contributed by atoms with van der Waals surface area (Å²) in [5.74, 6) is -1.15. The molecule has 0 saturated carbocycles. The van der Waals surface area contributed by atoms with Crippen LogP contribution in [-0.4, -0.2) is 14.8 Å². The van der Waals surface area contributed by atoms with Crippen LogP contribution in [0.1, 0.15) is 25.6 Å². The minimum Gasteiger partial charge on any atom is -0.265 e. The van der Waals surface area contributed by atoms with Gasteiger partial charge in [0.1, 0.15) is 17.3 Å². The Kier molecular flexibility index (Phi) is 3.54. The van der Waals surface area contributed by atoms with Gasteiger partial charge in [-0.25, -0.2) is 8.78 Å². The summed E-state index contributed by atoms with van der Waals surface area (Å²) >= 11 is 11.7. The van der Waals surface area contributed by atoms with E-state index in [0.29, 0.717) is 5.82 Å². The molecule has 1 heterocycles. The monoisotopic (exact) mass is 291 g/mol. The van der Waals surface area contributed by atoms with Crippen molar-refractivity contribution in [3.63, 3.8) is 0 Å². The lowest BCUT2D eigenvalue weighted by atomic mass is 10.2. The molecule has 0 aliphatic rings. The van der Waals surface area contributed by atoms with Crippen LogP contribution in [0.15, 0.2) is 12.1 Å². The number of aromatic nitrogens is 3. The van der Waals surface area contributed by atoms with Gasteiger partial charge >= 0.3 is 0 Å². The zero-order valence-electron chi connectivity index (χ0n) is 9.59. The molecule has 0 spiro atoms. The Morgan fingerprint density at radius 3 is 2.39 bits per heavy atom. The van der Waals surface area contributed by atoms with Gasteiger partial charge in [-0.2, -0.15) is 0 Å². The van der Waals surface area contributed by atoms with Crippen molar-refractivity contribution in [3.05, 3.63) is 39.9 Å². The van der Waals surface area contributed by atoms with E-state index in [4.69, 9.17) is 23.2 Å². The highest BCUT2D eigenvalue weighted by molar-refractivity contribution is 6.33. The molecule has 1 aromatic heterocycles. The SMILES string of the molecule is CC(C)c1nnc(Cl)n1-c1c(F)cc(F)cc1Cl. The predicted molar refractivity (Wildman–Crippen MR) is 65.4 cm³/mol. The third-order valence-corrected chi connectivity index (χ3v) is 2.90. The second kappa shape index (κ2) is 4.82. The summed E-state index contributed by atoms with van der Waals surface area (Å²) in [6.45, 7) is 3.71. The van der Waals surface area contributed by atoms with Crippen LogP contribution in [0, 0.1) is 11.6 Å². The van der Waals surface area contributed by atoms with Crippen molar-refractivity contribution in [1.82, 2.24) is 14.8 Å². The third kappa shape index (κ3) is 2.20. The van der Waals surface area contributed by atoms with Crippen molar-refractivity contribution in [1.29, 1.82) is 0 Å². The minimum absolute atomic E-state index is 0.0221. The second-order valence-corrected chi connectivity index (χ2v) is 4.78. The number of hydrogen-bond donors (Lipinski definition) is 0. The van der Waals surface area contributed by atoms with Gasteiger partial charge in [-0.05, 0) is 17.7 Å². The van der Waals surface area contributed by atoms with E-state index in [2.05, 4.69) is 10.2 Å². The molecular formula is C11H9Cl2F2N3. The first-order valence-electron chi connectivity index (χ1n) is 5.17. The Balaban J connectivity index is 2.73. The Hall–Kier alpha value is -1.20. The summed E-state index contributed by atoms with van der Waals surface area (Å²) in [6, 6.07) is 1.75. The Bertz CT molecular complexity index is 573. The highest BCUT2D eigenvalue weighted by atomic mass is 35.5. The molecule has 18 heavy (non-hydrogen) atoms. The van der Waals surface area contributed by atoms with Gasteiger partial charge in [0.15, 0.2) is 5.82 Å². The van der Waals surface area contributed by atoms with Crippen molar-refractivity contribution < 1.29 is 8.78 Å². The van der Waals surface area contributed by atoms with Gasteiger partial charge in [-0.3, -0.25) is 4.57 Å². The molecule has 0 atom stereocenters. The van der Waals surface area contributed by atoms with Crippen LogP contribution < -0.4 is 0 Å². The first-order valence-corrected chi connectivity index (χ1v) is 5.93. The highest BCUT2D eigenvalue weighted by Crippen LogP contribution is 2.30. The standard InChI is InChI=1S/C11H9Cl2F2N3/c1-5(2)10-16-17-11(13)18(10)9-7(12)3-6(14)4-8(9)15/h3-5H,1-2H3. The van der Waals surface area contributed by atoms with Crippen LogP contribution in [0.25, 0.3) is 5.69 Å². The molecule has 96 valence electrons. The van der Waals surface area contributed by atoms with Crippen LogP contribution >= 0.6 is 23.2 Å². The minimum atomic E-state index is -0.816. The maximum Gasteiger partial charge on any atom is 0.229 e. The summed E-state index contributed by atoms with van der Waals surface area (Å²) in [7, 11) is 0. The molecule has 0 bridgehead atoms. The van der Waals surface area contributed by atoms with Crippen LogP contribution in [-0.2, 0) is 0 Å². The van der Waals surface area contributed by atoms with Gasteiger partial charge < -0.3 is 0 Å². The smallest absolute Gasteiger partial charge is 0.229 e. The number of benzene rings is 1. The van der Waals surface area contributed by atoms with Crippen molar-refractivity contribution >= 4 is 23.2 Å². The van der Waals surface area contributed by atoms with E-state index >= 15 is 0 Å². The molecule has 0 amide bonds. The fourth-order valence-corrected chi connectivity index (χ4v) is 2.09. The van der Waals surface area contributed by atoms with Gasteiger partial charge in [0, 0.05) is 12.0 Å². The molecule has 0 aliphatic heterocycles. The molecule has 1 aromatic carbocycles. The van der Waals surface area contributed by atoms with Gasteiger partial charge in [0.25, 0.3) is 0 Å². The van der Waals surface area contributed by atoms with Gasteiger partial charge in [-0.15, -0.1) is 10.2 Å². The average molecular weight is 292 g/mol. The number of rotatable bonds is 2. The predicted octanol–water partition coefficient (Wildman–Crippen LogP) is 3.98. The van der Waals surface area contributed by atoms with Crippen molar-refractivity contribution in [2.45, 2.75) is 19.8 Å². The lowest BCUT2D eigenvalue weighted by Gasteiger charge is -2.12. The number of hydrogen-bond acceptors (Lipinski definition) is 2. The Morgan fingerprint density at radius 2 is 1.83 bits per heavy atom. The largest absolute Gasteiger partial charge is 0.265 e. The van der Waals surface area contributed by atoms with E-state index in [1.807, 2.05) is 13.8 Å². The maximum absolute atomic E-state index is 13.8. The van der Waals surface area contributed by atoms with E-state index in [1.54, 1.807) is 0 Å². The molecule has 3 nitrogen and oxygen atoms in total. The van der Waals surface area contributed by atoms with Gasteiger partial charge in [0.05, 0.1) is 5.02 Å². The second-order valence-electron chi connectivity index (χ2n) is 4.04. The highest BCUT2D eigenvalue weighted by Gasteiger charge is 2.21. The molecule has 0 saturated heterocycles. The summed E-state index contributed by atoms with van der Waals surface area (Å²) in [6.07, 6.45) is 0. The molecule has 0 unspecified atom stereocenters. The van der Waals surface area contributed by atoms with Crippen molar-refractivity contribution in [3.8, 4) is 5.69 Å². The summed E-state index contributed by atoms with van der Waals surface area (Å²) in [5, 5.41) is 7.43. The van der Waals surface area contributed by atoms with Gasteiger partial charge in [0.2, 0.25) is 5.28 Å². The van der Waals surface area contributed by atoms with E-state index in [1.165, 1.54) is 4.57 Å². The summed E-state index contributed by atoms with van der Waals surface area (Å²) in [4.78, 5) is 0. The fourth-order valence-electron chi connectivity index (χ4n) is 1.61. The first-order chi connectivity index (χ1) is 8.41. The van der Waals surface area contributed by atoms with Crippen LogP contribution in [0.2, 0.25) is 10.3 Å². The zero-order valence-corrected chi connectivity index (χ0v) is 11.1. The molecule has 0 N–H and O–H groups in total. The Morgan fingerprint density at radius 1 is 1.17 bits per heavy atom. The van der Waals surface area contributed by atoms with E-state index in [0.717, 1.165) is 12.1 Å². The third-order valence-electron chi connectivity index (χ3n) is 2.37. The van der Waals surface area contributed by atoms with Crippen LogP contribution in [0.5, 0.6) is 0 Å². The van der Waals surface area contributed by atoms with Crippen molar-refractivity contribution in [2.75, 3.05) is 0 Å². The van der Waals surface area contributed by atoms with Crippen molar-refractivity contribution in [2.24, 2.45) is 0 Å². The number of halogens is 4. The topological polar surface area (TPSA) is 30.7 Å². The molecule has 2 aromatic rings. The summed E-state index contributed by atoms with van der Waals surface area (Å²) in [5.41, 5.74) is -0.0447. The van der Waals surface area contributed by atoms with Gasteiger partial charge in [-0.1, -0.05) is 25.4 Å². The van der Waals surface area contributed by atoms with E-state index in [9.17, 15) is 8.78 Å². The molecule has 0 radical (unpaired) electrons. The quantitative estimate of drug-likeness (QED) is 0.838. The summed E-state index contributed by atoms with van der Waals surface area (Å²) < 4.78 is 28.1. The lowest BCUT2D eigenvalue weighted by molar-refractivity contribution is 0.575. The average Bonchev–Trinajstić information content (AvgIpc) is 2.59. The van der Waals surface area contributed by atoms with Crippen LogP contribution in [0.3, 0.4) is 0 Å². The molecule has 0 aliphatic carbocycles. The normalized spacial score (nSPS) is 11.3. The zero-order chi connectivity index (χ0) is 13.4. The maximum atomic E-state index is 13.8.